The van der Waals surface area contributed by atoms with Crippen LogP contribution in [0.15, 0.2) is 54.1 Å². The van der Waals surface area contributed by atoms with Gasteiger partial charge in [-0.2, -0.15) is 0 Å². The minimum absolute atomic E-state index is 0.0283. The fourth-order valence-corrected chi connectivity index (χ4v) is 4.17. The molecule has 1 fully saturated rings. The van der Waals surface area contributed by atoms with Crippen molar-refractivity contribution in [3.8, 4) is 5.75 Å². The van der Waals surface area contributed by atoms with E-state index in [9.17, 15) is 24.8 Å². The van der Waals surface area contributed by atoms with E-state index >= 15 is 0 Å². The lowest BCUT2D eigenvalue weighted by Crippen LogP contribution is -2.38. The van der Waals surface area contributed by atoms with Gasteiger partial charge in [-0.25, -0.2) is 0 Å². The van der Waals surface area contributed by atoms with Crippen LogP contribution in [0, 0.1) is 10.1 Å². The van der Waals surface area contributed by atoms with E-state index in [-0.39, 0.29) is 29.7 Å². The second-order valence-electron chi connectivity index (χ2n) is 8.56. The van der Waals surface area contributed by atoms with Gasteiger partial charge in [-0.3, -0.25) is 19.7 Å². The summed E-state index contributed by atoms with van der Waals surface area (Å²) in [5.41, 5.74) is 0.483. The summed E-state index contributed by atoms with van der Waals surface area (Å²) in [4.78, 5) is 40.6. The highest BCUT2D eigenvalue weighted by atomic mass is 16.6. The zero-order valence-corrected chi connectivity index (χ0v) is 20.4. The Morgan fingerprint density at radius 1 is 1.14 bits per heavy atom. The van der Waals surface area contributed by atoms with Gasteiger partial charge >= 0.3 is 0 Å². The van der Waals surface area contributed by atoms with Crippen LogP contribution in [0.2, 0.25) is 0 Å². The molecule has 1 amide bonds. The Labute approximate surface area is 204 Å². The van der Waals surface area contributed by atoms with Gasteiger partial charge in [0, 0.05) is 30.8 Å². The van der Waals surface area contributed by atoms with Crippen LogP contribution >= 0.6 is 0 Å². The summed E-state index contributed by atoms with van der Waals surface area (Å²) in [5, 5.41) is 22.6. The molecule has 1 aliphatic rings. The van der Waals surface area contributed by atoms with Gasteiger partial charge in [-0.1, -0.05) is 26.0 Å². The first-order valence-corrected chi connectivity index (χ1v) is 11.7. The third-order valence-electron chi connectivity index (χ3n) is 5.99. The largest absolute Gasteiger partial charge is 0.507 e. The molecule has 9 nitrogen and oxygen atoms in total. The number of non-ortho nitro benzene ring substituents is 1. The summed E-state index contributed by atoms with van der Waals surface area (Å²) in [6, 6.07) is 11.4. The number of ketones is 1. The maximum absolute atomic E-state index is 13.1. The molecule has 186 valence electrons. The van der Waals surface area contributed by atoms with Gasteiger partial charge in [-0.15, -0.1) is 0 Å². The first-order valence-electron chi connectivity index (χ1n) is 11.7. The van der Waals surface area contributed by atoms with E-state index in [0.717, 1.165) is 13.1 Å². The molecule has 2 aromatic rings. The standard InChI is InChI=1S/C26H31N3O6/c1-5-27(6-2)14-15-28-23(19-8-7-9-20(16-19)29(33)34)22(25(31)26(28)32)24(30)18-10-12-21(13-11-18)35-17(3)4/h7-13,16-17,23,30H,5-6,14-15H2,1-4H3/t23-/m1/s1. The topological polar surface area (TPSA) is 113 Å². The smallest absolute Gasteiger partial charge is 0.295 e. The Morgan fingerprint density at radius 2 is 1.80 bits per heavy atom. The second-order valence-corrected chi connectivity index (χ2v) is 8.56. The van der Waals surface area contributed by atoms with E-state index in [4.69, 9.17) is 4.74 Å². The molecule has 1 saturated heterocycles. The minimum atomic E-state index is -0.947. The Bertz CT molecular complexity index is 1120. The fourth-order valence-electron chi connectivity index (χ4n) is 4.17. The highest BCUT2D eigenvalue weighted by molar-refractivity contribution is 6.46. The third-order valence-corrected chi connectivity index (χ3v) is 5.99. The number of likely N-dealkylation sites (N-methyl/N-ethyl adjacent to an activating group) is 1. The number of Topliss-reactive ketones (excluding diaryl/α,β-unsaturated/α-hetero) is 1. The fraction of sp³-hybridized carbons (Fsp3) is 0.385. The number of rotatable bonds is 10. The molecule has 35 heavy (non-hydrogen) atoms. The number of ether oxygens (including phenoxy) is 1. The molecule has 0 radical (unpaired) electrons. The Hall–Kier alpha value is -3.72. The Kier molecular flexibility index (Phi) is 8.24. The van der Waals surface area contributed by atoms with E-state index in [0.29, 0.717) is 23.4 Å². The van der Waals surface area contributed by atoms with Crippen molar-refractivity contribution in [3.05, 3.63) is 75.3 Å². The average molecular weight is 482 g/mol. The van der Waals surface area contributed by atoms with Gasteiger partial charge in [0.25, 0.3) is 17.4 Å². The molecule has 0 unspecified atom stereocenters. The maximum atomic E-state index is 13.1. The molecule has 1 atom stereocenters. The van der Waals surface area contributed by atoms with E-state index in [1.807, 2.05) is 27.7 Å². The molecule has 0 aromatic heterocycles. The summed E-state index contributed by atoms with van der Waals surface area (Å²) in [6.07, 6.45) is -0.0283. The minimum Gasteiger partial charge on any atom is -0.507 e. The number of amides is 1. The molecule has 3 rings (SSSR count). The molecule has 0 saturated carbocycles. The zero-order chi connectivity index (χ0) is 25.7. The molecular weight excluding hydrogens is 450 g/mol. The molecule has 0 spiro atoms. The van der Waals surface area contributed by atoms with Crippen LogP contribution in [0.5, 0.6) is 5.75 Å². The number of aliphatic hydroxyl groups is 1. The molecule has 0 aliphatic carbocycles. The van der Waals surface area contributed by atoms with Crippen molar-refractivity contribution in [2.45, 2.75) is 39.8 Å². The predicted octanol–water partition coefficient (Wildman–Crippen LogP) is 4.15. The van der Waals surface area contributed by atoms with Crippen molar-refractivity contribution in [2.24, 2.45) is 0 Å². The second kappa shape index (κ2) is 11.1. The number of nitro benzene ring substituents is 1. The van der Waals surface area contributed by atoms with E-state index < -0.39 is 22.7 Å². The number of benzene rings is 2. The lowest BCUT2D eigenvalue weighted by molar-refractivity contribution is -0.384. The lowest BCUT2D eigenvalue weighted by atomic mass is 9.95. The molecule has 2 aromatic carbocycles. The van der Waals surface area contributed by atoms with Crippen LogP contribution in [0.1, 0.15) is 44.9 Å². The summed E-state index contributed by atoms with van der Waals surface area (Å²) in [5.74, 6) is -1.29. The Morgan fingerprint density at radius 3 is 2.37 bits per heavy atom. The van der Waals surface area contributed by atoms with E-state index in [1.54, 1.807) is 30.3 Å². The normalized spacial score (nSPS) is 17.4. The van der Waals surface area contributed by atoms with Crippen LogP contribution in [0.25, 0.3) is 5.76 Å². The maximum Gasteiger partial charge on any atom is 0.295 e. The van der Waals surface area contributed by atoms with Crippen molar-refractivity contribution in [1.29, 1.82) is 0 Å². The van der Waals surface area contributed by atoms with Gasteiger partial charge in [0.05, 0.1) is 22.6 Å². The van der Waals surface area contributed by atoms with Gasteiger partial charge in [0.2, 0.25) is 0 Å². The molecular formula is C26H31N3O6. The van der Waals surface area contributed by atoms with Crippen LogP contribution in [0.3, 0.4) is 0 Å². The monoisotopic (exact) mass is 481 g/mol. The number of carbonyl (C=O) groups excluding carboxylic acids is 2. The number of hydrogen-bond donors (Lipinski definition) is 1. The SMILES string of the molecule is CCN(CC)CCN1C(=O)C(=O)C(=C(O)c2ccc(OC(C)C)cc2)[C@H]1c1cccc([N+](=O)[O-])c1. The van der Waals surface area contributed by atoms with E-state index in [2.05, 4.69) is 4.90 Å². The van der Waals surface area contributed by atoms with E-state index in [1.165, 1.54) is 23.1 Å². The number of nitrogens with zero attached hydrogens (tertiary/aromatic N) is 3. The summed E-state index contributed by atoms with van der Waals surface area (Å²) in [7, 11) is 0. The molecule has 0 bridgehead atoms. The quantitative estimate of drug-likeness (QED) is 0.178. The van der Waals surface area contributed by atoms with Crippen molar-refractivity contribution in [2.75, 3.05) is 26.2 Å². The Balaban J connectivity index is 2.09. The van der Waals surface area contributed by atoms with Crippen molar-refractivity contribution >= 4 is 23.1 Å². The van der Waals surface area contributed by atoms with Gasteiger partial charge in [0.15, 0.2) is 0 Å². The summed E-state index contributed by atoms with van der Waals surface area (Å²) < 4.78 is 5.64. The third kappa shape index (κ3) is 5.68. The molecule has 1 N–H and O–H groups in total. The first kappa shape index (κ1) is 25.9. The average Bonchev–Trinajstić information content (AvgIpc) is 3.09. The number of carbonyl (C=O) groups is 2. The van der Waals surface area contributed by atoms with Crippen molar-refractivity contribution < 1.29 is 24.4 Å². The molecule has 1 aliphatic heterocycles. The van der Waals surface area contributed by atoms with Crippen LogP contribution in [-0.2, 0) is 9.59 Å². The lowest BCUT2D eigenvalue weighted by Gasteiger charge is -2.28. The zero-order valence-electron chi connectivity index (χ0n) is 20.4. The van der Waals surface area contributed by atoms with Crippen LogP contribution < -0.4 is 4.74 Å². The number of nitro groups is 1. The van der Waals surface area contributed by atoms with Gasteiger partial charge in [0.1, 0.15) is 11.5 Å². The summed E-state index contributed by atoms with van der Waals surface area (Å²) >= 11 is 0. The highest BCUT2D eigenvalue weighted by Crippen LogP contribution is 2.40. The molecule has 9 heteroatoms. The number of hydrogen-bond acceptors (Lipinski definition) is 7. The summed E-state index contributed by atoms with van der Waals surface area (Å²) in [6.45, 7) is 10.1. The van der Waals surface area contributed by atoms with Crippen molar-refractivity contribution in [3.63, 3.8) is 0 Å². The predicted molar refractivity (Wildman–Crippen MR) is 132 cm³/mol. The molecule has 1 heterocycles. The number of aliphatic hydroxyl groups excluding tert-OH is 1. The van der Waals surface area contributed by atoms with Crippen molar-refractivity contribution in [1.82, 2.24) is 9.80 Å². The number of likely N-dealkylation sites (tertiary alicyclic amines) is 1. The highest BCUT2D eigenvalue weighted by Gasteiger charge is 2.46. The van der Waals surface area contributed by atoms with Gasteiger partial charge < -0.3 is 19.6 Å². The van der Waals surface area contributed by atoms with Crippen LogP contribution in [0.4, 0.5) is 5.69 Å². The van der Waals surface area contributed by atoms with Crippen LogP contribution in [-0.4, -0.2) is 63.8 Å². The first-order chi connectivity index (χ1) is 16.7. The van der Waals surface area contributed by atoms with Gasteiger partial charge in [-0.05, 0) is 56.8 Å².